The molecule has 0 aliphatic rings. The maximum absolute atomic E-state index is 11.7. The van der Waals surface area contributed by atoms with Crippen LogP contribution in [0, 0.1) is 13.8 Å². The first kappa shape index (κ1) is 16.5. The van der Waals surface area contributed by atoms with Gasteiger partial charge >= 0.3 is 0 Å². The summed E-state index contributed by atoms with van der Waals surface area (Å²) >= 11 is 0. The molecule has 0 amide bonds. The Morgan fingerprint density at radius 1 is 1.12 bits per heavy atom. The highest BCUT2D eigenvalue weighted by atomic mass is 35.7. The fourth-order valence-corrected chi connectivity index (χ4v) is 4.07. The van der Waals surface area contributed by atoms with Crippen molar-refractivity contribution in [1.29, 1.82) is 0 Å². The highest BCUT2D eigenvalue weighted by Crippen LogP contribution is 2.33. The predicted molar refractivity (Wildman–Crippen MR) is 88.6 cm³/mol. The van der Waals surface area contributed by atoms with Crippen molar-refractivity contribution in [2.45, 2.75) is 18.7 Å². The van der Waals surface area contributed by atoms with E-state index in [4.69, 9.17) is 19.8 Å². The third kappa shape index (κ3) is 2.90. The summed E-state index contributed by atoms with van der Waals surface area (Å²) in [6, 6.07) is 7.14. The predicted octanol–water partition coefficient (Wildman–Crippen LogP) is 3.28. The van der Waals surface area contributed by atoms with Gasteiger partial charge in [0.25, 0.3) is 14.9 Å². The number of hydrogen-bond donors (Lipinski definition) is 1. The zero-order valence-electron chi connectivity index (χ0n) is 13.1. The Balaban J connectivity index is 2.02. The monoisotopic (exact) mass is 367 g/mol. The van der Waals surface area contributed by atoms with Crippen LogP contribution in [0.15, 0.2) is 33.6 Å². The number of methoxy groups -OCH3 is 1. The fraction of sp³-hybridized carbons (Fsp3) is 0.200. The Bertz CT molecular complexity index is 990. The van der Waals surface area contributed by atoms with Crippen LogP contribution in [0.4, 0.5) is 0 Å². The van der Waals surface area contributed by atoms with Crippen LogP contribution >= 0.6 is 10.7 Å². The van der Waals surface area contributed by atoms with Crippen molar-refractivity contribution in [3.63, 3.8) is 0 Å². The van der Waals surface area contributed by atoms with Crippen molar-refractivity contribution < 1.29 is 17.6 Å². The molecule has 0 fully saturated rings. The van der Waals surface area contributed by atoms with Crippen LogP contribution in [0.25, 0.3) is 23.0 Å². The molecule has 0 spiro atoms. The van der Waals surface area contributed by atoms with Crippen LogP contribution in [0.5, 0.6) is 5.75 Å². The van der Waals surface area contributed by atoms with E-state index >= 15 is 0 Å². The zero-order valence-corrected chi connectivity index (χ0v) is 14.7. The van der Waals surface area contributed by atoms with E-state index in [1.54, 1.807) is 45.2 Å². The Hall–Kier alpha value is -2.32. The number of rotatable bonds is 4. The van der Waals surface area contributed by atoms with E-state index < -0.39 is 9.05 Å². The highest BCUT2D eigenvalue weighted by molar-refractivity contribution is 8.13. The standard InChI is InChI=1S/C15H14ClN3O4S/c1-8-12(17-9(2)13(8)24(16,20)21)15-19-18-14(23-15)10-4-6-11(22-3)7-5-10/h4-7,17H,1-3H3. The molecule has 1 aromatic carbocycles. The molecule has 2 aromatic heterocycles. The average molecular weight is 368 g/mol. The molecule has 0 aliphatic heterocycles. The molecule has 3 aromatic rings. The highest BCUT2D eigenvalue weighted by Gasteiger charge is 2.25. The molecule has 2 heterocycles. The van der Waals surface area contributed by atoms with Crippen LogP contribution in [0.1, 0.15) is 11.3 Å². The summed E-state index contributed by atoms with van der Waals surface area (Å²) in [5.41, 5.74) is 2.01. The summed E-state index contributed by atoms with van der Waals surface area (Å²) in [5, 5.41) is 7.99. The van der Waals surface area contributed by atoms with E-state index in [1.165, 1.54) is 0 Å². The van der Waals surface area contributed by atoms with Gasteiger partial charge in [-0.05, 0) is 43.7 Å². The van der Waals surface area contributed by atoms with Crippen molar-refractivity contribution in [3.05, 3.63) is 35.5 Å². The zero-order chi connectivity index (χ0) is 17.5. The van der Waals surface area contributed by atoms with E-state index in [2.05, 4.69) is 15.2 Å². The smallest absolute Gasteiger partial charge is 0.264 e. The maximum Gasteiger partial charge on any atom is 0.264 e. The van der Waals surface area contributed by atoms with Gasteiger partial charge in [0.15, 0.2) is 0 Å². The number of ether oxygens (including phenoxy) is 1. The molecule has 7 nitrogen and oxygen atoms in total. The second kappa shape index (κ2) is 5.95. The number of benzene rings is 1. The van der Waals surface area contributed by atoms with Gasteiger partial charge in [0.1, 0.15) is 16.3 Å². The Morgan fingerprint density at radius 2 is 1.75 bits per heavy atom. The van der Waals surface area contributed by atoms with Crippen molar-refractivity contribution >= 4 is 19.7 Å². The van der Waals surface area contributed by atoms with Crippen molar-refractivity contribution in [3.8, 4) is 28.8 Å². The third-order valence-electron chi connectivity index (χ3n) is 3.59. The van der Waals surface area contributed by atoms with Crippen LogP contribution in [-0.2, 0) is 9.05 Å². The molecule has 0 atom stereocenters. The first-order chi connectivity index (χ1) is 11.3. The summed E-state index contributed by atoms with van der Waals surface area (Å²) in [6.45, 7) is 3.25. The Kier molecular flexibility index (Phi) is 4.10. The summed E-state index contributed by atoms with van der Waals surface area (Å²) in [4.78, 5) is 2.97. The normalized spacial score (nSPS) is 11.7. The molecule has 0 saturated heterocycles. The van der Waals surface area contributed by atoms with Crippen molar-refractivity contribution in [2.75, 3.05) is 7.11 Å². The van der Waals surface area contributed by atoms with E-state index in [0.29, 0.717) is 28.6 Å². The quantitative estimate of drug-likeness (QED) is 0.710. The molecule has 9 heteroatoms. The second-order valence-corrected chi connectivity index (χ2v) is 7.66. The number of H-pyrrole nitrogens is 1. The van der Waals surface area contributed by atoms with Gasteiger partial charge in [-0.3, -0.25) is 0 Å². The van der Waals surface area contributed by atoms with Gasteiger partial charge in [-0.2, -0.15) is 0 Å². The fourth-order valence-electron chi connectivity index (χ4n) is 2.49. The van der Waals surface area contributed by atoms with E-state index in [-0.39, 0.29) is 10.8 Å². The number of nitrogens with zero attached hydrogens (tertiary/aromatic N) is 2. The SMILES string of the molecule is COc1ccc(-c2nnc(-c3[nH]c(C)c(S(=O)(=O)Cl)c3C)o2)cc1. The van der Waals surface area contributed by atoms with Crippen LogP contribution in [0.2, 0.25) is 0 Å². The number of hydrogen-bond acceptors (Lipinski definition) is 6. The van der Waals surface area contributed by atoms with Gasteiger partial charge in [-0.25, -0.2) is 8.42 Å². The van der Waals surface area contributed by atoms with Gasteiger partial charge in [-0.1, -0.05) is 0 Å². The molecule has 3 rings (SSSR count). The largest absolute Gasteiger partial charge is 0.497 e. The molecular weight excluding hydrogens is 354 g/mol. The first-order valence-electron chi connectivity index (χ1n) is 6.93. The van der Waals surface area contributed by atoms with Gasteiger partial charge in [0, 0.05) is 21.9 Å². The molecule has 0 bridgehead atoms. The molecular formula is C15H14ClN3O4S. The molecule has 0 unspecified atom stereocenters. The minimum Gasteiger partial charge on any atom is -0.497 e. The van der Waals surface area contributed by atoms with Crippen LogP contribution in [0.3, 0.4) is 0 Å². The van der Waals surface area contributed by atoms with Crippen molar-refractivity contribution in [1.82, 2.24) is 15.2 Å². The van der Waals surface area contributed by atoms with Crippen molar-refractivity contribution in [2.24, 2.45) is 0 Å². The maximum atomic E-state index is 11.7. The molecule has 1 N–H and O–H groups in total. The number of halogens is 1. The summed E-state index contributed by atoms with van der Waals surface area (Å²) in [5.74, 6) is 1.22. The summed E-state index contributed by atoms with van der Waals surface area (Å²) < 4.78 is 34.1. The topological polar surface area (TPSA) is 98.1 Å². The van der Waals surface area contributed by atoms with Gasteiger partial charge in [-0.15, -0.1) is 10.2 Å². The third-order valence-corrected chi connectivity index (χ3v) is 5.15. The summed E-state index contributed by atoms with van der Waals surface area (Å²) in [7, 11) is 3.19. The molecule has 0 aliphatic carbocycles. The second-order valence-electron chi connectivity index (χ2n) is 5.16. The van der Waals surface area contributed by atoms with Gasteiger partial charge < -0.3 is 14.1 Å². The summed E-state index contributed by atoms with van der Waals surface area (Å²) in [6.07, 6.45) is 0. The first-order valence-corrected chi connectivity index (χ1v) is 9.24. The molecule has 0 saturated carbocycles. The van der Waals surface area contributed by atoms with Crippen LogP contribution in [-0.4, -0.2) is 30.7 Å². The number of nitrogens with one attached hydrogen (secondary N) is 1. The lowest BCUT2D eigenvalue weighted by atomic mass is 10.2. The van der Waals surface area contributed by atoms with E-state index in [1.807, 2.05) is 0 Å². The Labute approximate surface area is 143 Å². The molecule has 126 valence electrons. The lowest BCUT2D eigenvalue weighted by Crippen LogP contribution is -1.93. The Morgan fingerprint density at radius 3 is 2.29 bits per heavy atom. The molecule has 24 heavy (non-hydrogen) atoms. The lowest BCUT2D eigenvalue weighted by molar-refractivity contribution is 0.415. The number of aromatic amines is 1. The van der Waals surface area contributed by atoms with Crippen LogP contribution < -0.4 is 4.74 Å². The number of aromatic nitrogens is 3. The van der Waals surface area contributed by atoms with E-state index in [9.17, 15) is 8.42 Å². The lowest BCUT2D eigenvalue weighted by Gasteiger charge is -1.99. The number of aryl methyl sites for hydroxylation is 1. The molecule has 0 radical (unpaired) electrons. The minimum atomic E-state index is -3.87. The average Bonchev–Trinajstić information content (AvgIpc) is 3.11. The van der Waals surface area contributed by atoms with Gasteiger partial charge in [0.2, 0.25) is 5.89 Å². The van der Waals surface area contributed by atoms with E-state index in [0.717, 1.165) is 5.56 Å². The van der Waals surface area contributed by atoms with Gasteiger partial charge in [0.05, 0.1) is 7.11 Å². The minimum absolute atomic E-state index is 0.0309.